The molecule has 12 atom stereocenters. The number of hydrogen-bond donors (Lipinski definition) is 5. The average molecular weight is 1230 g/mol. The van der Waals surface area contributed by atoms with Crippen LogP contribution < -0.4 is 21.3 Å². The highest BCUT2D eigenvalue weighted by Gasteiger charge is 2.45. The van der Waals surface area contributed by atoms with Gasteiger partial charge in [-0.2, -0.15) is 0 Å². The molecule has 1 aliphatic rings. The number of aliphatic hydroxyl groups excluding tert-OH is 1. The van der Waals surface area contributed by atoms with Gasteiger partial charge in [-0.05, 0) is 101 Å². The van der Waals surface area contributed by atoms with Gasteiger partial charge in [-0.25, -0.2) is 0 Å². The first-order valence-corrected chi connectivity index (χ1v) is 31.2. The van der Waals surface area contributed by atoms with Crippen molar-refractivity contribution in [3.63, 3.8) is 0 Å². The van der Waals surface area contributed by atoms with Crippen molar-refractivity contribution in [1.29, 1.82) is 0 Å². The molecule has 0 saturated carbocycles. The lowest BCUT2D eigenvalue weighted by Gasteiger charge is -2.41. The van der Waals surface area contributed by atoms with E-state index in [1.165, 1.54) is 92.9 Å². The van der Waals surface area contributed by atoms with Gasteiger partial charge in [0.05, 0.1) is 12.6 Å². The summed E-state index contributed by atoms with van der Waals surface area (Å²) >= 11 is 0. The number of hydrogen-bond acceptors (Lipinski definition) is 12. The molecule has 496 valence electrons. The highest BCUT2D eigenvalue weighted by atomic mass is 16.3. The fraction of sp³-hybridized carbons (Fsp3) is 0.766. The van der Waals surface area contributed by atoms with E-state index in [9.17, 15) is 48.3 Å². The Hall–Kier alpha value is -6.39. The van der Waals surface area contributed by atoms with Crippen LogP contribution in [-0.2, 0) is 52.7 Å². The van der Waals surface area contributed by atoms with Gasteiger partial charge < -0.3 is 60.7 Å². The summed E-state index contributed by atoms with van der Waals surface area (Å²) in [6, 6.07) is -11.6. The van der Waals surface area contributed by atoms with Gasteiger partial charge in [0.15, 0.2) is 0 Å². The monoisotopic (exact) mass is 1230 g/mol. The van der Waals surface area contributed by atoms with Gasteiger partial charge in [-0.3, -0.25) is 52.7 Å². The molecule has 0 aromatic carbocycles. The number of aliphatic hydroxyl groups is 1. The average Bonchev–Trinajstić information content (AvgIpc) is 2.09. The Morgan fingerprint density at radius 2 is 0.943 bits per heavy atom. The Balaban J connectivity index is 4.28. The number of allylic oxidation sites excluding steroid dienone is 2. The fourth-order valence-electron chi connectivity index (χ4n) is 10.8. The Labute approximate surface area is 520 Å². The number of amides is 11. The number of carbonyl (C=O) groups excluding carboxylic acids is 11. The van der Waals surface area contributed by atoms with Crippen molar-refractivity contribution < 1.29 is 57.8 Å². The second kappa shape index (κ2) is 36.2. The van der Waals surface area contributed by atoms with Crippen molar-refractivity contribution in [2.24, 2.45) is 41.4 Å². The first-order chi connectivity index (χ1) is 40.2. The van der Waals surface area contributed by atoms with Crippen molar-refractivity contribution >= 4 is 65.0 Å². The molecule has 23 heteroatoms. The maximum Gasteiger partial charge on any atom is 0.246 e. The molecule has 1 heterocycles. The number of nitrogens with zero attached hydrogens (tertiary/aromatic N) is 7. The minimum absolute atomic E-state index is 0.0215. The van der Waals surface area contributed by atoms with Gasteiger partial charge in [0.1, 0.15) is 54.4 Å². The summed E-state index contributed by atoms with van der Waals surface area (Å²) in [4.78, 5) is 168. The SMILES string of the molecule is C/C=C/C[C@@H](C)[C@@H](O)[C@H]1C(=O)N[C@@H](CC)C(=O)N(C)CC(=O)N(C)[C@@H](CC(C)C)C(=O)N[C@@H](C(C)C)C(=O)N(C)[C@@H](CC(C)C)C(=O)N[C@@H](C)C=CC(=O)N[C@H](C)C(=O)N(C)[C@@H](CC(C)C)C(=O)N(C)[C@@H](CC(C)C)C(=O)N(C)[C@@H](C(C)C)C(=O)N1C. The predicted octanol–water partition coefficient (Wildman–Crippen LogP) is 3.83. The molecule has 23 nitrogen and oxygen atoms in total. The highest BCUT2D eigenvalue weighted by molar-refractivity contribution is 5.99. The van der Waals surface area contributed by atoms with Crippen LogP contribution in [0, 0.1) is 41.4 Å². The van der Waals surface area contributed by atoms with Crippen LogP contribution in [-0.4, -0.2) is 227 Å². The zero-order chi connectivity index (χ0) is 67.4. The maximum absolute atomic E-state index is 15.1. The summed E-state index contributed by atoms with van der Waals surface area (Å²) in [5, 5.41) is 23.3. The van der Waals surface area contributed by atoms with Crippen LogP contribution in [0.4, 0.5) is 0 Å². The molecule has 0 bridgehead atoms. The van der Waals surface area contributed by atoms with Gasteiger partial charge in [-0.15, -0.1) is 0 Å². The summed E-state index contributed by atoms with van der Waals surface area (Å²) in [5.41, 5.74) is 0. The van der Waals surface area contributed by atoms with Crippen LogP contribution in [0.2, 0.25) is 0 Å². The lowest BCUT2D eigenvalue weighted by molar-refractivity contribution is -0.157. The molecule has 0 fully saturated rings. The predicted molar refractivity (Wildman–Crippen MR) is 338 cm³/mol. The highest BCUT2D eigenvalue weighted by Crippen LogP contribution is 2.26. The molecule has 1 aliphatic heterocycles. The molecule has 1 rings (SSSR count). The summed E-state index contributed by atoms with van der Waals surface area (Å²) in [5.74, 6) is -9.26. The van der Waals surface area contributed by atoms with E-state index in [1.54, 1.807) is 67.5 Å². The minimum atomic E-state index is -1.61. The Morgan fingerprint density at radius 1 is 0.506 bits per heavy atom. The Bertz CT molecular complexity index is 2410. The van der Waals surface area contributed by atoms with E-state index >= 15 is 9.59 Å². The Morgan fingerprint density at radius 3 is 1.40 bits per heavy atom. The van der Waals surface area contributed by atoms with Gasteiger partial charge >= 0.3 is 0 Å². The third-order valence-corrected chi connectivity index (χ3v) is 16.2. The second-order valence-electron chi connectivity index (χ2n) is 26.5. The van der Waals surface area contributed by atoms with Crippen LogP contribution in [0.5, 0.6) is 0 Å². The molecule has 11 amide bonds. The van der Waals surface area contributed by atoms with Crippen LogP contribution in [0.3, 0.4) is 0 Å². The van der Waals surface area contributed by atoms with Crippen molar-refractivity contribution in [2.75, 3.05) is 55.9 Å². The molecule has 0 radical (unpaired) electrons. The van der Waals surface area contributed by atoms with Crippen LogP contribution in [0.15, 0.2) is 24.3 Å². The summed E-state index contributed by atoms with van der Waals surface area (Å²) in [6.07, 6.45) is 5.74. The molecule has 87 heavy (non-hydrogen) atoms. The number of carbonyl (C=O) groups is 11. The summed E-state index contributed by atoms with van der Waals surface area (Å²) in [6.45, 7) is 29.7. The first-order valence-electron chi connectivity index (χ1n) is 31.2. The number of likely N-dealkylation sites (N-methyl/N-ethyl adjacent to an activating group) is 7. The number of rotatable bonds is 15. The zero-order valence-electron chi connectivity index (χ0n) is 57.2. The van der Waals surface area contributed by atoms with Gasteiger partial charge in [-0.1, -0.05) is 115 Å². The molecule has 0 unspecified atom stereocenters. The third-order valence-electron chi connectivity index (χ3n) is 16.2. The molecular formula is C64H113N11O12. The van der Waals surface area contributed by atoms with Gasteiger partial charge in [0, 0.05) is 61.5 Å². The normalized spacial score (nSPS) is 26.7. The largest absolute Gasteiger partial charge is 0.390 e. The van der Waals surface area contributed by atoms with Crippen molar-refractivity contribution in [2.45, 2.75) is 223 Å². The molecule has 0 aliphatic carbocycles. The van der Waals surface area contributed by atoms with E-state index in [0.29, 0.717) is 6.42 Å². The van der Waals surface area contributed by atoms with Crippen molar-refractivity contribution in [1.82, 2.24) is 55.6 Å². The van der Waals surface area contributed by atoms with E-state index in [-0.39, 0.29) is 55.8 Å². The van der Waals surface area contributed by atoms with Gasteiger partial charge in [0.25, 0.3) is 0 Å². The van der Waals surface area contributed by atoms with Crippen LogP contribution >= 0.6 is 0 Å². The molecule has 0 saturated heterocycles. The summed E-state index contributed by atoms with van der Waals surface area (Å²) in [7, 11) is 10.00. The lowest BCUT2D eigenvalue weighted by atomic mass is 9.91. The van der Waals surface area contributed by atoms with E-state index < -0.39 is 156 Å². The summed E-state index contributed by atoms with van der Waals surface area (Å²) < 4.78 is 0. The van der Waals surface area contributed by atoms with E-state index in [2.05, 4.69) is 21.3 Å². The lowest BCUT2D eigenvalue weighted by Crippen LogP contribution is -2.63. The topological polar surface area (TPSA) is 279 Å². The van der Waals surface area contributed by atoms with Crippen LogP contribution in [0.1, 0.15) is 156 Å². The first kappa shape index (κ1) is 78.6. The number of nitrogens with one attached hydrogen (secondary N) is 4. The molecular weight excluding hydrogens is 1110 g/mol. The zero-order valence-corrected chi connectivity index (χ0v) is 57.2. The van der Waals surface area contributed by atoms with Crippen molar-refractivity contribution in [3.8, 4) is 0 Å². The van der Waals surface area contributed by atoms with Gasteiger partial charge in [0.2, 0.25) is 65.0 Å². The molecule has 0 aromatic rings. The molecule has 0 spiro atoms. The maximum atomic E-state index is 15.1. The fourth-order valence-corrected chi connectivity index (χ4v) is 10.8. The Kier molecular flexibility index (Phi) is 32.7. The third kappa shape index (κ3) is 22.9. The van der Waals surface area contributed by atoms with E-state index in [1.807, 2.05) is 55.4 Å². The minimum Gasteiger partial charge on any atom is -0.390 e. The van der Waals surface area contributed by atoms with Crippen molar-refractivity contribution in [3.05, 3.63) is 24.3 Å². The van der Waals surface area contributed by atoms with E-state index in [4.69, 9.17) is 0 Å². The van der Waals surface area contributed by atoms with Crippen LogP contribution in [0.25, 0.3) is 0 Å². The molecule has 5 N–H and O–H groups in total. The quantitative estimate of drug-likeness (QED) is 0.146. The standard InChI is InChI=1S/C64H113N11O12/c1-25-27-28-42(15)55(78)54-58(81)67-45(26-2)60(83)69(18)35-51(77)70(19)46(31-36(3)4)57(80)68-52(40(11)12)63(86)71(20)47(32-37(5)6)56(79)65-43(16)29-30-50(76)66-44(17)59(82)72(21)48(33-38(7)8)61(84)73(22)49(34-39(9)10)62(85)74(23)53(41(13)14)64(87)75(54)24/h25,27,29-30,36-49,52-55,78H,26,28,31-35H2,1-24H3,(H,65,79)(H,66,76)(H,67,81)(H,68,80)/b27-25+,30-29?/t42-,43+,44-,45+,46+,47+,48+,49+,52+,53+,54+,55-/m1/s1. The smallest absolute Gasteiger partial charge is 0.246 e. The second-order valence-corrected chi connectivity index (χ2v) is 26.5. The van der Waals surface area contributed by atoms with E-state index in [0.717, 1.165) is 9.80 Å². The molecule has 0 aromatic heterocycles.